The maximum Gasteiger partial charge on any atom is 0.270 e. The molecule has 1 aromatic heterocycles. The monoisotopic (exact) mass is 403 g/mol. The maximum atomic E-state index is 12.7. The molecule has 0 spiro atoms. The number of carbonyl (C=O) groups excluding carboxylic acids is 2. The summed E-state index contributed by atoms with van der Waals surface area (Å²) in [5.41, 5.74) is 1.43. The number of nitrogens with zero attached hydrogens (tertiary/aromatic N) is 2. The van der Waals surface area contributed by atoms with Crippen molar-refractivity contribution in [2.45, 2.75) is 31.8 Å². The van der Waals surface area contributed by atoms with E-state index in [4.69, 9.17) is 4.74 Å². The second kappa shape index (κ2) is 8.95. The molecule has 1 aliphatic rings. The molecule has 2 amide bonds. The topological polar surface area (TPSA) is 71.5 Å². The van der Waals surface area contributed by atoms with Crippen molar-refractivity contribution in [1.82, 2.24) is 15.2 Å². The lowest BCUT2D eigenvalue weighted by Gasteiger charge is -2.21. The first-order chi connectivity index (χ1) is 14.6. The molecule has 3 aromatic rings. The Morgan fingerprint density at radius 3 is 2.80 bits per heavy atom. The van der Waals surface area contributed by atoms with Gasteiger partial charge in [0.1, 0.15) is 11.4 Å². The van der Waals surface area contributed by atoms with Crippen LogP contribution in [0, 0.1) is 0 Å². The maximum absolute atomic E-state index is 12.7. The molecule has 0 saturated carbocycles. The molecule has 1 aliphatic heterocycles. The molecule has 30 heavy (non-hydrogen) atoms. The predicted molar refractivity (Wildman–Crippen MR) is 115 cm³/mol. The van der Waals surface area contributed by atoms with Crippen LogP contribution >= 0.6 is 0 Å². The highest BCUT2D eigenvalue weighted by Crippen LogP contribution is 2.19. The molecule has 154 valence electrons. The Balaban J connectivity index is 1.39. The van der Waals surface area contributed by atoms with Gasteiger partial charge in [0.05, 0.1) is 7.11 Å². The summed E-state index contributed by atoms with van der Waals surface area (Å²) in [7, 11) is 1.63. The minimum atomic E-state index is -0.195. The van der Waals surface area contributed by atoms with Crippen molar-refractivity contribution >= 4 is 22.6 Å². The summed E-state index contributed by atoms with van der Waals surface area (Å²) in [6.07, 6.45) is 3.48. The molecule has 1 fully saturated rings. The number of likely N-dealkylation sites (tertiary alicyclic amines) is 1. The summed E-state index contributed by atoms with van der Waals surface area (Å²) < 4.78 is 5.27. The number of rotatable bonds is 5. The minimum absolute atomic E-state index is 0.0509. The Bertz CT molecular complexity index is 1070. The summed E-state index contributed by atoms with van der Waals surface area (Å²) in [6.45, 7) is 1.15. The molecule has 2 heterocycles. The van der Waals surface area contributed by atoms with Crippen molar-refractivity contribution in [3.8, 4) is 5.75 Å². The molecule has 1 atom stereocenters. The lowest BCUT2D eigenvalue weighted by Crippen LogP contribution is -2.36. The first-order valence-corrected chi connectivity index (χ1v) is 10.2. The van der Waals surface area contributed by atoms with Crippen molar-refractivity contribution in [2.75, 3.05) is 13.7 Å². The molecule has 0 aliphatic carbocycles. The van der Waals surface area contributed by atoms with E-state index in [2.05, 4.69) is 10.3 Å². The molecule has 1 saturated heterocycles. The molecular formula is C24H25N3O3. The average Bonchev–Trinajstić information content (AvgIpc) is 2.95. The van der Waals surface area contributed by atoms with Crippen LogP contribution < -0.4 is 10.1 Å². The van der Waals surface area contributed by atoms with Gasteiger partial charge in [-0.2, -0.15) is 0 Å². The van der Waals surface area contributed by atoms with Gasteiger partial charge in [-0.15, -0.1) is 0 Å². The van der Waals surface area contributed by atoms with E-state index in [0.717, 1.165) is 28.5 Å². The van der Waals surface area contributed by atoms with E-state index < -0.39 is 0 Å². The van der Waals surface area contributed by atoms with E-state index in [0.29, 0.717) is 31.6 Å². The average molecular weight is 403 g/mol. The second-order valence-corrected chi connectivity index (χ2v) is 7.58. The number of aromatic nitrogens is 1. The third-order valence-electron chi connectivity index (χ3n) is 5.51. The fourth-order valence-electron chi connectivity index (χ4n) is 3.81. The quantitative estimate of drug-likeness (QED) is 0.707. The normalized spacial score (nSPS) is 16.9. The number of fused-ring (bicyclic) bond motifs is 1. The van der Waals surface area contributed by atoms with Gasteiger partial charge >= 0.3 is 0 Å². The van der Waals surface area contributed by atoms with E-state index in [-0.39, 0.29) is 17.9 Å². The fourth-order valence-corrected chi connectivity index (χ4v) is 3.81. The number of ether oxygens (including phenoxy) is 1. The predicted octanol–water partition coefficient (Wildman–Crippen LogP) is 3.55. The number of carbonyl (C=O) groups is 2. The van der Waals surface area contributed by atoms with Gasteiger partial charge in [-0.25, -0.2) is 0 Å². The molecule has 6 heteroatoms. The van der Waals surface area contributed by atoms with Crippen molar-refractivity contribution in [1.29, 1.82) is 0 Å². The second-order valence-electron chi connectivity index (χ2n) is 7.58. The van der Waals surface area contributed by atoms with Crippen LogP contribution in [0.25, 0.3) is 10.8 Å². The SMILES string of the molecule is COc1cccc(CN2CCC(NC(=O)c3cc4ccccc4cn3)CCC2=O)c1. The minimum Gasteiger partial charge on any atom is -0.497 e. The van der Waals surface area contributed by atoms with E-state index in [9.17, 15) is 9.59 Å². The van der Waals surface area contributed by atoms with Crippen LogP contribution in [0.4, 0.5) is 0 Å². The Morgan fingerprint density at radius 2 is 1.97 bits per heavy atom. The number of amides is 2. The van der Waals surface area contributed by atoms with E-state index >= 15 is 0 Å². The van der Waals surface area contributed by atoms with Crippen LogP contribution in [-0.2, 0) is 11.3 Å². The number of methoxy groups -OCH3 is 1. The van der Waals surface area contributed by atoms with E-state index in [1.54, 1.807) is 13.3 Å². The lowest BCUT2D eigenvalue weighted by atomic mass is 10.1. The highest BCUT2D eigenvalue weighted by molar-refractivity contribution is 5.96. The molecule has 0 bridgehead atoms. The van der Waals surface area contributed by atoms with Gasteiger partial charge in [0.2, 0.25) is 5.91 Å². The van der Waals surface area contributed by atoms with Gasteiger partial charge in [0, 0.05) is 37.1 Å². The first-order valence-electron chi connectivity index (χ1n) is 10.2. The first kappa shape index (κ1) is 19.9. The van der Waals surface area contributed by atoms with Gasteiger partial charge in [-0.3, -0.25) is 14.6 Å². The molecule has 1 N–H and O–H groups in total. The van der Waals surface area contributed by atoms with Gasteiger partial charge in [-0.1, -0.05) is 36.4 Å². The van der Waals surface area contributed by atoms with Crippen LogP contribution in [0.3, 0.4) is 0 Å². The zero-order valence-corrected chi connectivity index (χ0v) is 17.0. The smallest absolute Gasteiger partial charge is 0.270 e. The van der Waals surface area contributed by atoms with Crippen LogP contribution in [0.5, 0.6) is 5.75 Å². The number of hydrogen-bond acceptors (Lipinski definition) is 4. The van der Waals surface area contributed by atoms with Gasteiger partial charge in [0.25, 0.3) is 5.91 Å². The Labute approximate surface area is 175 Å². The van der Waals surface area contributed by atoms with Gasteiger partial charge in [0.15, 0.2) is 0 Å². The van der Waals surface area contributed by atoms with E-state index in [1.165, 1.54) is 0 Å². The summed E-state index contributed by atoms with van der Waals surface area (Å²) in [4.78, 5) is 31.5. The standard InChI is InChI=1S/C24H25N3O3/c1-30-21-8-4-5-17(13-21)16-27-12-11-20(9-10-23(27)28)26-24(29)22-14-18-6-2-3-7-19(18)15-25-22/h2-8,13-15,20H,9-12,16H2,1H3,(H,26,29). The Hall–Kier alpha value is -3.41. The lowest BCUT2D eigenvalue weighted by molar-refractivity contribution is -0.131. The molecule has 4 rings (SSSR count). The van der Waals surface area contributed by atoms with Crippen LogP contribution in [0.2, 0.25) is 0 Å². The van der Waals surface area contributed by atoms with Crippen molar-refractivity contribution in [2.24, 2.45) is 0 Å². The zero-order chi connectivity index (χ0) is 20.9. The fraction of sp³-hybridized carbons (Fsp3) is 0.292. The summed E-state index contributed by atoms with van der Waals surface area (Å²) >= 11 is 0. The van der Waals surface area contributed by atoms with E-state index in [1.807, 2.05) is 59.5 Å². The molecule has 6 nitrogen and oxygen atoms in total. The number of pyridine rings is 1. The van der Waals surface area contributed by atoms with Crippen molar-refractivity contribution < 1.29 is 14.3 Å². The Morgan fingerprint density at radius 1 is 1.13 bits per heavy atom. The summed E-state index contributed by atoms with van der Waals surface area (Å²) in [5.74, 6) is 0.695. The van der Waals surface area contributed by atoms with Crippen LogP contribution in [-0.4, -0.2) is 41.4 Å². The summed E-state index contributed by atoms with van der Waals surface area (Å²) in [6, 6.07) is 17.3. The highest BCUT2D eigenvalue weighted by Gasteiger charge is 2.24. The van der Waals surface area contributed by atoms with Crippen molar-refractivity contribution in [3.63, 3.8) is 0 Å². The number of benzene rings is 2. The van der Waals surface area contributed by atoms with Crippen molar-refractivity contribution in [3.05, 3.63) is 72.1 Å². The number of nitrogens with one attached hydrogen (secondary N) is 1. The van der Waals surface area contributed by atoms with Crippen LogP contribution in [0.15, 0.2) is 60.8 Å². The molecule has 1 unspecified atom stereocenters. The molecule has 2 aromatic carbocycles. The third kappa shape index (κ3) is 4.59. The molecule has 0 radical (unpaired) electrons. The zero-order valence-electron chi connectivity index (χ0n) is 17.0. The van der Waals surface area contributed by atoms with Gasteiger partial charge in [-0.05, 0) is 42.0 Å². The van der Waals surface area contributed by atoms with Gasteiger partial charge < -0.3 is 15.0 Å². The van der Waals surface area contributed by atoms with Crippen LogP contribution in [0.1, 0.15) is 35.3 Å². The Kier molecular flexibility index (Phi) is 5.93. The number of hydrogen-bond donors (Lipinski definition) is 1. The summed E-state index contributed by atoms with van der Waals surface area (Å²) in [5, 5.41) is 5.05. The third-order valence-corrected chi connectivity index (χ3v) is 5.51. The largest absolute Gasteiger partial charge is 0.497 e. The molecular weight excluding hydrogens is 378 g/mol. The highest BCUT2D eigenvalue weighted by atomic mass is 16.5.